The normalized spacial score (nSPS) is 21.6. The molecule has 4 N–H and O–H groups in total. The van der Waals surface area contributed by atoms with Crippen LogP contribution in [0.1, 0.15) is 93.4 Å². The molecule has 3 aromatic rings. The van der Waals surface area contributed by atoms with Crippen LogP contribution in [-0.4, -0.2) is 23.8 Å². The maximum atomic E-state index is 6.17. The quantitative estimate of drug-likeness (QED) is 0.322. The predicted octanol–water partition coefficient (Wildman–Crippen LogP) is 7.29. The zero-order valence-electron chi connectivity index (χ0n) is 22.1. The number of fused-ring (bicyclic) bond motifs is 1. The monoisotopic (exact) mass is 503 g/mol. The van der Waals surface area contributed by atoms with E-state index in [4.69, 9.17) is 16.2 Å². The highest BCUT2D eigenvalue weighted by atomic mass is 16.5. The fourth-order valence-electron chi connectivity index (χ4n) is 6.61. The third-order valence-electron chi connectivity index (χ3n) is 8.82. The van der Waals surface area contributed by atoms with Gasteiger partial charge in [-0.1, -0.05) is 56.2 Å². The van der Waals surface area contributed by atoms with Crippen molar-refractivity contribution in [1.29, 1.82) is 0 Å². The van der Waals surface area contributed by atoms with Crippen molar-refractivity contribution in [1.82, 2.24) is 4.57 Å². The lowest BCUT2D eigenvalue weighted by molar-refractivity contribution is 0.0616. The molecule has 1 saturated heterocycles. The van der Waals surface area contributed by atoms with Gasteiger partial charge in [0.05, 0.1) is 0 Å². The van der Waals surface area contributed by atoms with Gasteiger partial charge in [-0.25, -0.2) is 0 Å². The SMILES string of the molecule is C.Cc1cccc(C(CCCC2CCC(N)CC2)c2cn(CC3CCOCC3)c3ccc(CN)cc23)c1. The molecule has 37 heavy (non-hydrogen) atoms. The van der Waals surface area contributed by atoms with Crippen LogP contribution in [0.2, 0.25) is 0 Å². The molecule has 2 aliphatic rings. The van der Waals surface area contributed by atoms with E-state index >= 15 is 0 Å². The third-order valence-corrected chi connectivity index (χ3v) is 8.82. The van der Waals surface area contributed by atoms with Gasteiger partial charge in [-0.15, -0.1) is 0 Å². The minimum Gasteiger partial charge on any atom is -0.381 e. The van der Waals surface area contributed by atoms with Crippen LogP contribution in [0, 0.1) is 18.8 Å². The molecule has 1 aliphatic heterocycles. The summed E-state index contributed by atoms with van der Waals surface area (Å²) in [7, 11) is 0. The molecule has 0 spiro atoms. The molecule has 1 unspecified atom stereocenters. The molecule has 0 amide bonds. The Labute approximate surface area is 224 Å². The maximum Gasteiger partial charge on any atom is 0.0483 e. The minimum atomic E-state index is 0. The molecule has 2 aromatic carbocycles. The van der Waals surface area contributed by atoms with Crippen molar-refractivity contribution < 1.29 is 4.74 Å². The Morgan fingerprint density at radius 2 is 1.76 bits per heavy atom. The van der Waals surface area contributed by atoms with Crippen LogP contribution in [0.4, 0.5) is 0 Å². The first kappa shape index (κ1) is 27.9. The first-order chi connectivity index (χ1) is 17.6. The average molecular weight is 504 g/mol. The standard InChI is InChI=1S/C32H45N3O.CH4/c1-23-4-2-6-27(18-23)29(7-3-5-24-8-11-28(34)12-9-24)31-22-35(21-25-14-16-36-17-15-25)32-13-10-26(20-33)19-30(31)32;/h2,4,6,10,13,18-19,22,24-25,28-29H,3,5,7-9,11-12,14-17,20-21,33-34H2,1H3;1H4. The Morgan fingerprint density at radius 3 is 2.49 bits per heavy atom. The van der Waals surface area contributed by atoms with Gasteiger partial charge < -0.3 is 20.8 Å². The zero-order valence-corrected chi connectivity index (χ0v) is 22.1. The van der Waals surface area contributed by atoms with E-state index in [9.17, 15) is 0 Å². The van der Waals surface area contributed by atoms with Gasteiger partial charge in [0.25, 0.3) is 0 Å². The second-order valence-corrected chi connectivity index (χ2v) is 11.5. The van der Waals surface area contributed by atoms with Crippen molar-refractivity contribution in [3.8, 4) is 0 Å². The van der Waals surface area contributed by atoms with Crippen molar-refractivity contribution in [2.75, 3.05) is 13.2 Å². The number of hydrogen-bond acceptors (Lipinski definition) is 3. The lowest BCUT2D eigenvalue weighted by Crippen LogP contribution is -2.26. The summed E-state index contributed by atoms with van der Waals surface area (Å²) < 4.78 is 8.17. The molecule has 2 fully saturated rings. The van der Waals surface area contributed by atoms with E-state index in [0.29, 0.717) is 24.4 Å². The molecule has 2 heterocycles. The van der Waals surface area contributed by atoms with Gasteiger partial charge in [-0.05, 0) is 92.5 Å². The van der Waals surface area contributed by atoms with E-state index in [0.717, 1.165) is 38.5 Å². The molecule has 1 aromatic heterocycles. The Hall–Kier alpha value is -2.14. The van der Waals surface area contributed by atoms with Crippen LogP contribution in [0.15, 0.2) is 48.7 Å². The van der Waals surface area contributed by atoms with Crippen molar-refractivity contribution in [3.63, 3.8) is 0 Å². The summed E-state index contributed by atoms with van der Waals surface area (Å²) in [6, 6.07) is 16.5. The highest BCUT2D eigenvalue weighted by molar-refractivity contribution is 5.86. The van der Waals surface area contributed by atoms with Crippen LogP contribution >= 0.6 is 0 Å². The van der Waals surface area contributed by atoms with Crippen LogP contribution in [0.25, 0.3) is 10.9 Å². The number of nitrogens with zero attached hydrogens (tertiary/aromatic N) is 1. The smallest absolute Gasteiger partial charge is 0.0483 e. The van der Waals surface area contributed by atoms with E-state index in [1.165, 1.54) is 78.1 Å². The number of nitrogens with two attached hydrogens (primary N) is 2. The Bertz CT molecular complexity index is 1120. The summed E-state index contributed by atoms with van der Waals surface area (Å²) in [5, 5.41) is 1.39. The second kappa shape index (κ2) is 13.1. The number of ether oxygens (including phenoxy) is 1. The van der Waals surface area contributed by atoms with Crippen molar-refractivity contribution in [2.24, 2.45) is 23.3 Å². The van der Waals surface area contributed by atoms with Gasteiger partial charge in [0.1, 0.15) is 0 Å². The number of rotatable bonds is 9. The summed E-state index contributed by atoms with van der Waals surface area (Å²) >= 11 is 0. The first-order valence-corrected chi connectivity index (χ1v) is 14.3. The summed E-state index contributed by atoms with van der Waals surface area (Å²) in [4.78, 5) is 0. The van der Waals surface area contributed by atoms with Gasteiger partial charge >= 0.3 is 0 Å². The molecule has 1 atom stereocenters. The summed E-state index contributed by atoms with van der Waals surface area (Å²) in [6.45, 7) is 5.66. The van der Waals surface area contributed by atoms with E-state index in [1.807, 2.05) is 0 Å². The second-order valence-electron chi connectivity index (χ2n) is 11.5. The van der Waals surface area contributed by atoms with Crippen LogP contribution in [0.3, 0.4) is 0 Å². The maximum absolute atomic E-state index is 6.17. The lowest BCUT2D eigenvalue weighted by atomic mass is 9.81. The molecule has 1 saturated carbocycles. The van der Waals surface area contributed by atoms with Gasteiger partial charge in [-0.2, -0.15) is 0 Å². The first-order valence-electron chi connectivity index (χ1n) is 14.3. The number of hydrogen-bond donors (Lipinski definition) is 2. The van der Waals surface area contributed by atoms with E-state index < -0.39 is 0 Å². The van der Waals surface area contributed by atoms with E-state index in [-0.39, 0.29) is 7.43 Å². The highest BCUT2D eigenvalue weighted by Gasteiger charge is 2.24. The van der Waals surface area contributed by atoms with Gasteiger partial charge in [0, 0.05) is 55.4 Å². The molecule has 1 aliphatic carbocycles. The minimum absolute atomic E-state index is 0. The fraction of sp³-hybridized carbons (Fsp3) is 0.576. The third kappa shape index (κ3) is 6.85. The summed E-state index contributed by atoms with van der Waals surface area (Å²) in [5.74, 6) is 1.94. The molecule has 0 radical (unpaired) electrons. The average Bonchev–Trinajstić information content (AvgIpc) is 3.25. The molecule has 0 bridgehead atoms. The Morgan fingerprint density at radius 1 is 0.973 bits per heavy atom. The molecule has 202 valence electrons. The van der Waals surface area contributed by atoms with Crippen LogP contribution < -0.4 is 11.5 Å². The highest BCUT2D eigenvalue weighted by Crippen LogP contribution is 2.38. The van der Waals surface area contributed by atoms with Crippen molar-refractivity contribution in [3.05, 3.63) is 70.9 Å². The lowest BCUT2D eigenvalue weighted by Gasteiger charge is -2.26. The summed E-state index contributed by atoms with van der Waals surface area (Å²) in [6.07, 6.45) is 13.6. The number of aromatic nitrogens is 1. The van der Waals surface area contributed by atoms with E-state index in [1.54, 1.807) is 0 Å². The summed E-state index contributed by atoms with van der Waals surface area (Å²) in [5.41, 5.74) is 19.1. The molecular formula is C33H49N3O. The van der Waals surface area contributed by atoms with Crippen LogP contribution in [0.5, 0.6) is 0 Å². The number of benzene rings is 2. The van der Waals surface area contributed by atoms with Gasteiger partial charge in [0.15, 0.2) is 0 Å². The molecule has 5 rings (SSSR count). The molecule has 4 heteroatoms. The zero-order chi connectivity index (χ0) is 24.9. The van der Waals surface area contributed by atoms with E-state index in [2.05, 4.69) is 60.2 Å². The Balaban J connectivity index is 0.00000320. The fourth-order valence-corrected chi connectivity index (χ4v) is 6.61. The Kier molecular flexibility index (Phi) is 9.86. The molecular weight excluding hydrogens is 454 g/mol. The number of aryl methyl sites for hydroxylation is 1. The van der Waals surface area contributed by atoms with Crippen molar-refractivity contribution in [2.45, 2.75) is 97.2 Å². The van der Waals surface area contributed by atoms with Gasteiger partial charge in [-0.3, -0.25) is 0 Å². The largest absolute Gasteiger partial charge is 0.381 e. The predicted molar refractivity (Wildman–Crippen MR) is 157 cm³/mol. The molecule has 4 nitrogen and oxygen atoms in total. The van der Waals surface area contributed by atoms with Gasteiger partial charge in [0.2, 0.25) is 0 Å². The van der Waals surface area contributed by atoms with Crippen LogP contribution in [-0.2, 0) is 17.8 Å². The topological polar surface area (TPSA) is 66.2 Å². The van der Waals surface area contributed by atoms with Crippen molar-refractivity contribution >= 4 is 10.9 Å².